The molecule has 0 saturated carbocycles. The summed E-state index contributed by atoms with van der Waals surface area (Å²) in [6, 6.07) is -0.209. The maximum absolute atomic E-state index is 12.1. The first-order valence-electron chi connectivity index (χ1n) is 6.23. The predicted molar refractivity (Wildman–Crippen MR) is 81.2 cm³/mol. The molecule has 0 atom stereocenters. The summed E-state index contributed by atoms with van der Waals surface area (Å²) in [6.07, 6.45) is 3.08. The predicted octanol–water partition coefficient (Wildman–Crippen LogP) is 0.274. The minimum atomic E-state index is -0.295. The third kappa shape index (κ3) is 3.37. The van der Waals surface area contributed by atoms with Crippen molar-refractivity contribution in [2.24, 2.45) is 0 Å². The quantitative estimate of drug-likeness (QED) is 0.702. The van der Waals surface area contributed by atoms with Gasteiger partial charge in [0.05, 0.1) is 5.69 Å². The Balaban J connectivity index is 1.94. The van der Waals surface area contributed by atoms with Crippen molar-refractivity contribution in [3.8, 4) is 0 Å². The number of nitrogen functional groups attached to an aromatic ring is 1. The van der Waals surface area contributed by atoms with E-state index in [1.807, 2.05) is 0 Å². The van der Waals surface area contributed by atoms with Gasteiger partial charge in [-0.05, 0) is 0 Å². The maximum atomic E-state index is 12.1. The largest absolute Gasteiger partial charge is 0.396 e. The van der Waals surface area contributed by atoms with Crippen LogP contribution in [0, 0.1) is 0 Å². The van der Waals surface area contributed by atoms with Gasteiger partial charge in [-0.25, -0.2) is 14.8 Å². The number of thiophene rings is 1. The monoisotopic (exact) mass is 308 g/mol. The van der Waals surface area contributed by atoms with Crippen LogP contribution < -0.4 is 16.4 Å². The number of amides is 3. The van der Waals surface area contributed by atoms with E-state index < -0.39 is 0 Å². The molecule has 0 saturated heterocycles. The zero-order valence-corrected chi connectivity index (χ0v) is 12.5. The molecule has 0 bridgehead atoms. The first kappa shape index (κ1) is 15.0. The van der Waals surface area contributed by atoms with Crippen LogP contribution in [0.15, 0.2) is 12.4 Å². The Hall–Kier alpha value is -2.42. The van der Waals surface area contributed by atoms with E-state index in [2.05, 4.69) is 20.6 Å². The van der Waals surface area contributed by atoms with Crippen molar-refractivity contribution in [2.45, 2.75) is 0 Å². The first-order valence-corrected chi connectivity index (χ1v) is 7.04. The summed E-state index contributed by atoms with van der Waals surface area (Å²) in [5.74, 6) is -0.295. The Morgan fingerprint density at radius 1 is 1.24 bits per heavy atom. The lowest BCUT2D eigenvalue weighted by Gasteiger charge is -2.12. The van der Waals surface area contributed by atoms with E-state index in [0.29, 0.717) is 34.0 Å². The fourth-order valence-electron chi connectivity index (χ4n) is 1.60. The highest BCUT2D eigenvalue weighted by Gasteiger charge is 2.17. The molecule has 0 aliphatic carbocycles. The van der Waals surface area contributed by atoms with Gasteiger partial charge in [-0.3, -0.25) is 4.79 Å². The minimum absolute atomic E-state index is 0.209. The second-order valence-electron chi connectivity index (χ2n) is 4.44. The van der Waals surface area contributed by atoms with Crippen molar-refractivity contribution in [3.05, 3.63) is 17.3 Å². The van der Waals surface area contributed by atoms with Crippen LogP contribution in [0.3, 0.4) is 0 Å². The number of anilines is 1. The number of fused-ring (bicyclic) bond motifs is 1. The number of hydrogen-bond donors (Lipinski definition) is 3. The number of urea groups is 1. The molecule has 8 nitrogen and oxygen atoms in total. The standard InChI is InChI=1S/C12H16N6O2S/c1-18(2)12(20)17-6-4-15-10(19)9-7(13)8-11(21-9)16-5-3-14-8/h3,5H,4,6,13H2,1-2H3,(H,15,19)(H,17,20). The van der Waals surface area contributed by atoms with E-state index in [-0.39, 0.29) is 11.9 Å². The molecule has 2 aromatic heterocycles. The van der Waals surface area contributed by atoms with Gasteiger partial charge in [0, 0.05) is 39.6 Å². The number of nitrogens with one attached hydrogen (secondary N) is 2. The highest BCUT2D eigenvalue weighted by molar-refractivity contribution is 7.21. The normalized spacial score (nSPS) is 10.4. The minimum Gasteiger partial charge on any atom is -0.396 e. The van der Waals surface area contributed by atoms with E-state index >= 15 is 0 Å². The number of carbonyl (C=O) groups excluding carboxylic acids is 2. The van der Waals surface area contributed by atoms with Crippen LogP contribution in [-0.2, 0) is 0 Å². The van der Waals surface area contributed by atoms with Gasteiger partial charge in [0.1, 0.15) is 15.2 Å². The van der Waals surface area contributed by atoms with Crippen LogP contribution >= 0.6 is 11.3 Å². The molecule has 112 valence electrons. The molecular formula is C12H16N6O2S. The Morgan fingerprint density at radius 3 is 2.57 bits per heavy atom. The van der Waals surface area contributed by atoms with Crippen LogP contribution in [0.2, 0.25) is 0 Å². The Morgan fingerprint density at radius 2 is 1.90 bits per heavy atom. The molecular weight excluding hydrogens is 292 g/mol. The van der Waals surface area contributed by atoms with Crippen LogP contribution in [0.1, 0.15) is 9.67 Å². The van der Waals surface area contributed by atoms with Crippen molar-refractivity contribution >= 4 is 39.3 Å². The van der Waals surface area contributed by atoms with Gasteiger partial charge in [-0.1, -0.05) is 0 Å². The van der Waals surface area contributed by atoms with E-state index in [9.17, 15) is 9.59 Å². The molecule has 0 fully saturated rings. The highest BCUT2D eigenvalue weighted by atomic mass is 32.1. The lowest BCUT2D eigenvalue weighted by molar-refractivity contribution is 0.0958. The van der Waals surface area contributed by atoms with Crippen LogP contribution in [0.5, 0.6) is 0 Å². The molecule has 0 aromatic carbocycles. The van der Waals surface area contributed by atoms with Crippen molar-refractivity contribution in [3.63, 3.8) is 0 Å². The van der Waals surface area contributed by atoms with E-state index in [0.717, 1.165) is 0 Å². The molecule has 2 rings (SSSR count). The van der Waals surface area contributed by atoms with Gasteiger partial charge >= 0.3 is 6.03 Å². The van der Waals surface area contributed by atoms with Gasteiger partial charge in [0.2, 0.25) is 0 Å². The van der Waals surface area contributed by atoms with E-state index in [1.165, 1.54) is 22.4 Å². The summed E-state index contributed by atoms with van der Waals surface area (Å²) >= 11 is 1.20. The summed E-state index contributed by atoms with van der Waals surface area (Å²) in [5, 5.41) is 5.35. The summed E-state index contributed by atoms with van der Waals surface area (Å²) in [7, 11) is 3.29. The van der Waals surface area contributed by atoms with E-state index in [4.69, 9.17) is 5.73 Å². The van der Waals surface area contributed by atoms with Gasteiger partial charge in [-0.2, -0.15) is 0 Å². The number of aromatic nitrogens is 2. The lowest BCUT2D eigenvalue weighted by atomic mass is 10.3. The summed E-state index contributed by atoms with van der Waals surface area (Å²) in [5.41, 5.74) is 6.77. The van der Waals surface area contributed by atoms with Gasteiger partial charge in [0.15, 0.2) is 0 Å². The molecule has 0 spiro atoms. The SMILES string of the molecule is CN(C)C(=O)NCCNC(=O)c1sc2nccnc2c1N. The summed E-state index contributed by atoms with van der Waals surface area (Å²) in [6.45, 7) is 0.650. The number of nitrogens with two attached hydrogens (primary N) is 1. The maximum Gasteiger partial charge on any atom is 0.316 e. The molecule has 21 heavy (non-hydrogen) atoms. The Labute approximate surface area is 125 Å². The van der Waals surface area contributed by atoms with E-state index in [1.54, 1.807) is 20.3 Å². The number of rotatable bonds is 4. The second kappa shape index (κ2) is 6.35. The van der Waals surface area contributed by atoms with Crippen LogP contribution in [0.4, 0.5) is 10.5 Å². The van der Waals surface area contributed by atoms with Gasteiger partial charge in [-0.15, -0.1) is 11.3 Å². The third-order valence-electron chi connectivity index (χ3n) is 2.66. The zero-order valence-electron chi connectivity index (χ0n) is 11.7. The molecule has 3 amide bonds. The first-order chi connectivity index (χ1) is 10.0. The molecule has 2 heterocycles. The molecule has 2 aromatic rings. The van der Waals surface area contributed by atoms with Gasteiger partial charge < -0.3 is 21.3 Å². The molecule has 4 N–H and O–H groups in total. The smallest absolute Gasteiger partial charge is 0.316 e. The summed E-state index contributed by atoms with van der Waals surface area (Å²) < 4.78 is 0. The highest BCUT2D eigenvalue weighted by Crippen LogP contribution is 2.29. The zero-order chi connectivity index (χ0) is 15.4. The fraction of sp³-hybridized carbons (Fsp3) is 0.333. The average molecular weight is 308 g/mol. The van der Waals surface area contributed by atoms with Crippen molar-refractivity contribution in [1.82, 2.24) is 25.5 Å². The van der Waals surface area contributed by atoms with Crippen LogP contribution in [0.25, 0.3) is 10.3 Å². The van der Waals surface area contributed by atoms with Crippen molar-refractivity contribution in [2.75, 3.05) is 32.9 Å². The molecule has 0 aliphatic rings. The third-order valence-corrected chi connectivity index (χ3v) is 3.76. The molecule has 0 aliphatic heterocycles. The molecule has 0 unspecified atom stereocenters. The van der Waals surface area contributed by atoms with Crippen molar-refractivity contribution in [1.29, 1.82) is 0 Å². The lowest BCUT2D eigenvalue weighted by Crippen LogP contribution is -2.39. The second-order valence-corrected chi connectivity index (χ2v) is 5.44. The number of nitrogens with zero attached hydrogens (tertiary/aromatic N) is 3. The number of carbonyl (C=O) groups is 2. The molecule has 9 heteroatoms. The van der Waals surface area contributed by atoms with Crippen molar-refractivity contribution < 1.29 is 9.59 Å². The number of hydrogen-bond acceptors (Lipinski definition) is 6. The van der Waals surface area contributed by atoms with Gasteiger partial charge in [0.25, 0.3) is 5.91 Å². The Bertz CT molecular complexity index is 669. The molecule has 0 radical (unpaired) electrons. The topological polar surface area (TPSA) is 113 Å². The summed E-state index contributed by atoms with van der Waals surface area (Å²) in [4.78, 5) is 34.0. The Kier molecular flexibility index (Phi) is 4.53. The van der Waals surface area contributed by atoms with Crippen LogP contribution in [-0.4, -0.2) is 54.0 Å². The fourth-order valence-corrected chi connectivity index (χ4v) is 2.53. The average Bonchev–Trinajstić information content (AvgIpc) is 2.81.